The zero-order valence-electron chi connectivity index (χ0n) is 27.1. The standard InChI is InChI=1S/C36H71NO3/c1-3-5-7-9-11-13-15-16-17-18-19-20-21-22-23-25-27-29-31-35(39)34(33-38)37-36(40)32-30-28-26-24-14-12-10-8-6-4-2/h10,12,34-35,38-39H,3-9,11,13-33H2,1-2H3,(H,37,40)/b12-10-. The van der Waals surface area contributed by atoms with Crippen LogP contribution >= 0.6 is 0 Å². The SMILES string of the molecule is CCCC/C=C\CCCCCCC(=O)NC(CO)C(O)CCCCCCCCCCCCCCCCCCCC. The molecule has 0 aliphatic carbocycles. The Balaban J connectivity index is 3.52. The molecule has 0 bridgehead atoms. The van der Waals surface area contributed by atoms with Gasteiger partial charge in [0, 0.05) is 6.42 Å². The third-order valence-corrected chi connectivity index (χ3v) is 8.28. The highest BCUT2D eigenvalue weighted by molar-refractivity contribution is 5.76. The molecule has 0 aromatic rings. The highest BCUT2D eigenvalue weighted by Gasteiger charge is 2.19. The van der Waals surface area contributed by atoms with E-state index in [4.69, 9.17) is 0 Å². The molecule has 3 N–H and O–H groups in total. The fourth-order valence-corrected chi connectivity index (χ4v) is 5.46. The van der Waals surface area contributed by atoms with Gasteiger partial charge < -0.3 is 15.5 Å². The van der Waals surface area contributed by atoms with Crippen LogP contribution in [0.5, 0.6) is 0 Å². The van der Waals surface area contributed by atoms with Crippen molar-refractivity contribution in [3.63, 3.8) is 0 Å². The lowest BCUT2D eigenvalue weighted by Gasteiger charge is -2.22. The van der Waals surface area contributed by atoms with Crippen molar-refractivity contribution in [2.75, 3.05) is 6.61 Å². The minimum Gasteiger partial charge on any atom is -0.394 e. The zero-order valence-corrected chi connectivity index (χ0v) is 27.1. The van der Waals surface area contributed by atoms with Crippen LogP contribution in [0.15, 0.2) is 12.2 Å². The van der Waals surface area contributed by atoms with E-state index in [1.807, 2.05) is 0 Å². The third kappa shape index (κ3) is 28.7. The zero-order chi connectivity index (χ0) is 29.4. The molecule has 0 saturated heterocycles. The molecule has 0 spiro atoms. The molecule has 0 aromatic heterocycles. The molecule has 0 heterocycles. The van der Waals surface area contributed by atoms with Crippen LogP contribution in [0.4, 0.5) is 0 Å². The van der Waals surface area contributed by atoms with Gasteiger partial charge in [-0.25, -0.2) is 0 Å². The van der Waals surface area contributed by atoms with Gasteiger partial charge in [0.05, 0.1) is 18.8 Å². The second-order valence-corrected chi connectivity index (χ2v) is 12.3. The second-order valence-electron chi connectivity index (χ2n) is 12.3. The summed E-state index contributed by atoms with van der Waals surface area (Å²) in [5.41, 5.74) is 0. The Morgan fingerprint density at radius 3 is 1.45 bits per heavy atom. The molecule has 2 unspecified atom stereocenters. The van der Waals surface area contributed by atoms with Gasteiger partial charge in [-0.2, -0.15) is 0 Å². The maximum absolute atomic E-state index is 12.2. The topological polar surface area (TPSA) is 69.6 Å². The summed E-state index contributed by atoms with van der Waals surface area (Å²) in [5.74, 6) is -0.0460. The third-order valence-electron chi connectivity index (χ3n) is 8.28. The lowest BCUT2D eigenvalue weighted by molar-refractivity contribution is -0.123. The van der Waals surface area contributed by atoms with Gasteiger partial charge in [-0.15, -0.1) is 0 Å². The maximum Gasteiger partial charge on any atom is 0.220 e. The van der Waals surface area contributed by atoms with E-state index in [0.29, 0.717) is 12.8 Å². The van der Waals surface area contributed by atoms with Crippen LogP contribution in [0.2, 0.25) is 0 Å². The van der Waals surface area contributed by atoms with E-state index in [-0.39, 0.29) is 12.5 Å². The number of rotatable bonds is 32. The fraction of sp³-hybridized carbons (Fsp3) is 0.917. The van der Waals surface area contributed by atoms with Crippen molar-refractivity contribution in [2.24, 2.45) is 0 Å². The average molecular weight is 566 g/mol. The van der Waals surface area contributed by atoms with Crippen molar-refractivity contribution in [1.29, 1.82) is 0 Å². The first-order valence-electron chi connectivity index (χ1n) is 17.9. The molecule has 1 amide bonds. The maximum atomic E-state index is 12.2. The number of allylic oxidation sites excluding steroid dienone is 2. The summed E-state index contributed by atoms with van der Waals surface area (Å²) in [7, 11) is 0. The number of carbonyl (C=O) groups is 1. The van der Waals surface area contributed by atoms with Gasteiger partial charge in [0.1, 0.15) is 0 Å². The molecule has 0 saturated carbocycles. The largest absolute Gasteiger partial charge is 0.394 e. The van der Waals surface area contributed by atoms with Crippen LogP contribution in [0.25, 0.3) is 0 Å². The lowest BCUT2D eigenvalue weighted by Crippen LogP contribution is -2.45. The molecule has 0 aromatic carbocycles. The van der Waals surface area contributed by atoms with Gasteiger partial charge in [-0.1, -0.05) is 167 Å². The lowest BCUT2D eigenvalue weighted by atomic mass is 10.0. The van der Waals surface area contributed by atoms with Crippen molar-refractivity contribution < 1.29 is 15.0 Å². The molecule has 0 fully saturated rings. The van der Waals surface area contributed by atoms with E-state index in [0.717, 1.165) is 38.5 Å². The monoisotopic (exact) mass is 566 g/mol. The Morgan fingerprint density at radius 2 is 0.975 bits per heavy atom. The molecule has 0 aliphatic rings. The molecule has 4 nitrogen and oxygen atoms in total. The van der Waals surface area contributed by atoms with Crippen molar-refractivity contribution >= 4 is 5.91 Å². The van der Waals surface area contributed by atoms with E-state index in [2.05, 4.69) is 31.3 Å². The van der Waals surface area contributed by atoms with Crippen LogP contribution in [0.3, 0.4) is 0 Å². The molecular weight excluding hydrogens is 494 g/mol. The Hall–Kier alpha value is -0.870. The number of unbranched alkanes of at least 4 members (excludes halogenated alkanes) is 23. The first-order chi connectivity index (χ1) is 19.7. The average Bonchev–Trinajstić information content (AvgIpc) is 2.96. The summed E-state index contributed by atoms with van der Waals surface area (Å²) >= 11 is 0. The molecule has 0 rings (SSSR count). The number of aliphatic hydroxyl groups is 2. The minimum absolute atomic E-state index is 0.0460. The van der Waals surface area contributed by atoms with Gasteiger partial charge >= 0.3 is 0 Å². The van der Waals surface area contributed by atoms with Crippen molar-refractivity contribution in [2.45, 2.75) is 206 Å². The van der Waals surface area contributed by atoms with Crippen molar-refractivity contribution in [3.05, 3.63) is 12.2 Å². The van der Waals surface area contributed by atoms with Gasteiger partial charge in [0.15, 0.2) is 0 Å². The van der Waals surface area contributed by atoms with Gasteiger partial charge in [0.25, 0.3) is 0 Å². The molecule has 2 atom stereocenters. The molecule has 40 heavy (non-hydrogen) atoms. The van der Waals surface area contributed by atoms with Crippen LogP contribution in [0.1, 0.15) is 194 Å². The predicted molar refractivity (Wildman–Crippen MR) is 175 cm³/mol. The molecular formula is C36H71NO3. The second kappa shape index (κ2) is 32.6. The summed E-state index contributed by atoms with van der Waals surface area (Å²) in [5, 5.41) is 23.0. The van der Waals surface area contributed by atoms with E-state index in [1.54, 1.807) is 0 Å². The first kappa shape index (κ1) is 39.1. The van der Waals surface area contributed by atoms with E-state index in [9.17, 15) is 15.0 Å². The van der Waals surface area contributed by atoms with Crippen molar-refractivity contribution in [3.8, 4) is 0 Å². The summed E-state index contributed by atoms with van der Waals surface area (Å²) in [6.07, 6.45) is 38.4. The summed E-state index contributed by atoms with van der Waals surface area (Å²) in [4.78, 5) is 12.2. The first-order valence-corrected chi connectivity index (χ1v) is 17.9. The van der Waals surface area contributed by atoms with Crippen LogP contribution in [-0.2, 0) is 4.79 Å². The quantitative estimate of drug-likeness (QED) is 0.0561. The molecule has 4 heteroatoms. The predicted octanol–water partition coefficient (Wildman–Crippen LogP) is 10.3. The normalized spacial score (nSPS) is 13.2. The number of nitrogens with one attached hydrogen (secondary N) is 1. The fourth-order valence-electron chi connectivity index (χ4n) is 5.46. The highest BCUT2D eigenvalue weighted by atomic mass is 16.3. The van der Waals surface area contributed by atoms with E-state index >= 15 is 0 Å². The number of hydrogen-bond acceptors (Lipinski definition) is 3. The Morgan fingerprint density at radius 1 is 0.575 bits per heavy atom. The number of carbonyl (C=O) groups excluding carboxylic acids is 1. The van der Waals surface area contributed by atoms with Crippen molar-refractivity contribution in [1.82, 2.24) is 5.32 Å². The Kier molecular flexibility index (Phi) is 31.9. The van der Waals surface area contributed by atoms with Gasteiger partial charge in [-0.05, 0) is 32.1 Å². The van der Waals surface area contributed by atoms with Gasteiger partial charge in [0.2, 0.25) is 5.91 Å². The van der Waals surface area contributed by atoms with Crippen LogP contribution < -0.4 is 5.32 Å². The smallest absolute Gasteiger partial charge is 0.220 e. The van der Waals surface area contributed by atoms with E-state index < -0.39 is 12.1 Å². The number of amides is 1. The molecule has 238 valence electrons. The highest BCUT2D eigenvalue weighted by Crippen LogP contribution is 2.15. The van der Waals surface area contributed by atoms with E-state index in [1.165, 1.54) is 128 Å². The minimum atomic E-state index is -0.658. The number of aliphatic hydroxyl groups excluding tert-OH is 2. The molecule has 0 aliphatic heterocycles. The summed E-state index contributed by atoms with van der Waals surface area (Å²) in [6.45, 7) is 4.30. The summed E-state index contributed by atoms with van der Waals surface area (Å²) in [6, 6.07) is -0.536. The van der Waals surface area contributed by atoms with Crippen LogP contribution in [0, 0.1) is 0 Å². The Bertz CT molecular complexity index is 536. The van der Waals surface area contributed by atoms with Crippen LogP contribution in [-0.4, -0.2) is 34.9 Å². The summed E-state index contributed by atoms with van der Waals surface area (Å²) < 4.78 is 0. The Labute approximate surface area is 250 Å². The molecule has 0 radical (unpaired) electrons. The number of hydrogen-bond donors (Lipinski definition) is 3. The van der Waals surface area contributed by atoms with Gasteiger partial charge in [-0.3, -0.25) is 4.79 Å².